The topological polar surface area (TPSA) is 231 Å². The van der Waals surface area contributed by atoms with Gasteiger partial charge in [0.2, 0.25) is 0 Å². The maximum atomic E-state index is 12.8. The van der Waals surface area contributed by atoms with Crippen LogP contribution in [-0.4, -0.2) is 95.9 Å². The second-order valence-electron chi connectivity index (χ2n) is 20.8. The zero-order valence-corrected chi connectivity index (χ0v) is 52.2. The Morgan fingerprint density at radius 2 is 0.654 bits per heavy atom. The van der Waals surface area contributed by atoms with Gasteiger partial charge in [0.1, 0.15) is 25.4 Å². The first-order valence-electron chi connectivity index (χ1n) is 31.2. The SMILES string of the molecule is CC/C=C\C/C=C\C/C=C\CCCCCCCC(=O)OCC(COP(=O)(O)OCC(O)COP(=O)(O)OCC(O)COC(=O)CCCCCCCC/C=C\C/C=C\C/C=C\CCCCC)OC(=O)CCCCCCCCCCCCC. The zero-order valence-electron chi connectivity index (χ0n) is 50.4. The molecule has 0 aromatic carbocycles. The van der Waals surface area contributed by atoms with Crippen LogP contribution in [0.3, 0.4) is 0 Å². The van der Waals surface area contributed by atoms with Gasteiger partial charge in [-0.2, -0.15) is 0 Å². The molecule has 16 nitrogen and oxygen atoms in total. The number of phosphoric acid groups is 2. The van der Waals surface area contributed by atoms with Gasteiger partial charge in [-0.1, -0.05) is 216 Å². The molecule has 470 valence electrons. The van der Waals surface area contributed by atoms with E-state index in [-0.39, 0.29) is 19.3 Å². The standard InChI is InChI=1S/C63H112O16P2/c1-4-7-10-13-16-19-22-24-26-27-28-29-31-33-35-37-40-43-46-49-61(66)73-52-58(64)53-75-80(69,70)76-54-59(65)55-77-81(71,72)78-57-60(79-63(68)51-48-45-42-39-34-21-18-15-12-9-6-3)56-74-62(67)50-47-44-41-38-36-32-30-25-23-20-17-14-11-8-5-2/h8,11,16-17,19-20,24-26,28-30,58-60,64-65H,4-7,9-10,12-15,18,21-23,27,31-57H2,1-3H3,(H,69,70)(H,71,72)/b11-8-,19-16-,20-17-,26-24-,29-28-,30-25-. The Labute approximate surface area is 490 Å². The van der Waals surface area contributed by atoms with Gasteiger partial charge in [0.25, 0.3) is 0 Å². The Morgan fingerprint density at radius 3 is 1.06 bits per heavy atom. The lowest BCUT2D eigenvalue weighted by Gasteiger charge is -2.21. The van der Waals surface area contributed by atoms with Crippen molar-refractivity contribution >= 4 is 33.6 Å². The second kappa shape index (κ2) is 57.4. The van der Waals surface area contributed by atoms with E-state index in [1.54, 1.807) is 0 Å². The van der Waals surface area contributed by atoms with Gasteiger partial charge in [0.15, 0.2) is 6.10 Å². The maximum absolute atomic E-state index is 12.8. The van der Waals surface area contributed by atoms with Crippen LogP contribution in [0.15, 0.2) is 72.9 Å². The number of esters is 3. The van der Waals surface area contributed by atoms with Crippen molar-refractivity contribution in [1.29, 1.82) is 0 Å². The number of carbonyl (C=O) groups is 3. The first-order valence-corrected chi connectivity index (χ1v) is 34.2. The molecule has 0 radical (unpaired) electrons. The molecular weight excluding hydrogens is 1070 g/mol. The zero-order chi connectivity index (χ0) is 59.6. The van der Waals surface area contributed by atoms with Crippen molar-refractivity contribution in [3.8, 4) is 0 Å². The van der Waals surface area contributed by atoms with Crippen molar-refractivity contribution < 1.29 is 75.8 Å². The predicted molar refractivity (Wildman–Crippen MR) is 325 cm³/mol. The van der Waals surface area contributed by atoms with Gasteiger partial charge in [0.05, 0.1) is 26.4 Å². The van der Waals surface area contributed by atoms with Crippen LogP contribution in [-0.2, 0) is 55.8 Å². The average Bonchev–Trinajstić information content (AvgIpc) is 3.44. The van der Waals surface area contributed by atoms with Gasteiger partial charge < -0.3 is 34.2 Å². The molecule has 5 unspecified atom stereocenters. The number of allylic oxidation sites excluding steroid dienone is 12. The number of rotatable bonds is 59. The largest absolute Gasteiger partial charge is 0.472 e. The van der Waals surface area contributed by atoms with Crippen LogP contribution >= 0.6 is 15.6 Å². The number of unbranched alkanes of at least 4 members (excludes halogenated alkanes) is 24. The summed E-state index contributed by atoms with van der Waals surface area (Å²) in [6.45, 7) is 2.47. The van der Waals surface area contributed by atoms with Crippen molar-refractivity contribution in [2.24, 2.45) is 0 Å². The number of aliphatic hydroxyl groups excluding tert-OH is 2. The molecule has 18 heteroatoms. The molecule has 0 fully saturated rings. The highest BCUT2D eigenvalue weighted by atomic mass is 31.2. The van der Waals surface area contributed by atoms with Crippen molar-refractivity contribution in [2.45, 2.75) is 270 Å². The van der Waals surface area contributed by atoms with Crippen LogP contribution in [0, 0.1) is 0 Å². The molecule has 0 amide bonds. The molecule has 4 N–H and O–H groups in total. The summed E-state index contributed by atoms with van der Waals surface area (Å²) in [5.74, 6) is -1.60. The van der Waals surface area contributed by atoms with Crippen molar-refractivity contribution in [2.75, 3.05) is 39.6 Å². The molecule has 0 spiro atoms. The third-order valence-electron chi connectivity index (χ3n) is 12.9. The molecule has 0 aliphatic heterocycles. The molecule has 0 bridgehead atoms. The number of phosphoric ester groups is 2. The number of hydrogen-bond acceptors (Lipinski definition) is 14. The lowest BCUT2D eigenvalue weighted by molar-refractivity contribution is -0.161. The fraction of sp³-hybridized carbons (Fsp3) is 0.762. The van der Waals surface area contributed by atoms with Gasteiger partial charge >= 0.3 is 33.6 Å². The molecule has 0 aromatic rings. The van der Waals surface area contributed by atoms with Gasteiger partial charge in [0, 0.05) is 19.3 Å². The third kappa shape index (κ3) is 58.6. The molecule has 0 saturated carbocycles. The van der Waals surface area contributed by atoms with Crippen LogP contribution in [0.2, 0.25) is 0 Å². The van der Waals surface area contributed by atoms with Crippen molar-refractivity contribution in [1.82, 2.24) is 0 Å². The highest BCUT2D eigenvalue weighted by molar-refractivity contribution is 7.47. The monoisotopic (exact) mass is 1190 g/mol. The quantitative estimate of drug-likeness (QED) is 0.0146. The lowest BCUT2D eigenvalue weighted by Crippen LogP contribution is -2.30. The Bertz CT molecular complexity index is 1780. The molecular formula is C63H112O16P2. The van der Waals surface area contributed by atoms with Crippen LogP contribution in [0.4, 0.5) is 0 Å². The first-order chi connectivity index (χ1) is 39.2. The van der Waals surface area contributed by atoms with Gasteiger partial charge in [-0.15, -0.1) is 0 Å². The predicted octanol–water partition coefficient (Wildman–Crippen LogP) is 16.4. The van der Waals surface area contributed by atoms with Gasteiger partial charge in [-0.3, -0.25) is 32.5 Å². The van der Waals surface area contributed by atoms with E-state index in [9.17, 15) is 43.5 Å². The van der Waals surface area contributed by atoms with Crippen LogP contribution in [0.1, 0.15) is 252 Å². The fourth-order valence-corrected chi connectivity index (χ4v) is 9.70. The number of carbonyl (C=O) groups excluding carboxylic acids is 3. The highest BCUT2D eigenvalue weighted by Crippen LogP contribution is 2.45. The van der Waals surface area contributed by atoms with Gasteiger partial charge in [-0.25, -0.2) is 9.13 Å². The van der Waals surface area contributed by atoms with E-state index < -0.39 is 91.5 Å². The average molecular weight is 1190 g/mol. The van der Waals surface area contributed by atoms with E-state index in [0.29, 0.717) is 19.3 Å². The minimum absolute atomic E-state index is 0.103. The second-order valence-corrected chi connectivity index (χ2v) is 23.7. The lowest BCUT2D eigenvalue weighted by atomic mass is 10.1. The van der Waals surface area contributed by atoms with E-state index in [2.05, 4.69) is 93.7 Å². The normalized spacial score (nSPS) is 14.9. The summed E-state index contributed by atoms with van der Waals surface area (Å²) in [6.07, 6.45) is 56.8. The summed E-state index contributed by atoms with van der Waals surface area (Å²) in [6, 6.07) is 0. The first kappa shape index (κ1) is 78.0. The Kier molecular flexibility index (Phi) is 55.3. The van der Waals surface area contributed by atoms with Crippen molar-refractivity contribution in [3.63, 3.8) is 0 Å². The smallest absolute Gasteiger partial charge is 0.463 e. The van der Waals surface area contributed by atoms with E-state index in [1.165, 1.54) is 64.2 Å². The maximum Gasteiger partial charge on any atom is 0.472 e. The molecule has 0 rings (SSSR count). The summed E-state index contributed by atoms with van der Waals surface area (Å²) in [4.78, 5) is 58.1. The molecule has 0 aliphatic carbocycles. The fourth-order valence-electron chi connectivity index (χ4n) is 8.12. The summed E-state index contributed by atoms with van der Waals surface area (Å²) in [5, 5.41) is 20.5. The minimum atomic E-state index is -4.92. The summed E-state index contributed by atoms with van der Waals surface area (Å²) >= 11 is 0. The summed E-state index contributed by atoms with van der Waals surface area (Å²) in [5.41, 5.74) is 0. The van der Waals surface area contributed by atoms with Gasteiger partial charge in [-0.05, 0) is 89.9 Å². The number of ether oxygens (including phenoxy) is 3. The summed E-state index contributed by atoms with van der Waals surface area (Å²) < 4.78 is 60.6. The van der Waals surface area contributed by atoms with Crippen LogP contribution in [0.25, 0.3) is 0 Å². The number of aliphatic hydroxyl groups is 2. The molecule has 5 atom stereocenters. The Morgan fingerprint density at radius 1 is 0.358 bits per heavy atom. The Balaban J connectivity index is 4.62. The third-order valence-corrected chi connectivity index (χ3v) is 14.8. The number of hydrogen-bond donors (Lipinski definition) is 4. The van der Waals surface area contributed by atoms with E-state index >= 15 is 0 Å². The summed E-state index contributed by atoms with van der Waals surface area (Å²) in [7, 11) is -9.76. The van der Waals surface area contributed by atoms with Crippen LogP contribution in [0.5, 0.6) is 0 Å². The highest BCUT2D eigenvalue weighted by Gasteiger charge is 2.29. The molecule has 0 heterocycles. The molecule has 0 aromatic heterocycles. The molecule has 0 aliphatic rings. The molecule has 81 heavy (non-hydrogen) atoms. The van der Waals surface area contributed by atoms with E-state index in [4.69, 9.17) is 32.3 Å². The van der Waals surface area contributed by atoms with Crippen molar-refractivity contribution in [3.05, 3.63) is 72.9 Å². The molecule has 0 saturated heterocycles. The van der Waals surface area contributed by atoms with E-state index in [0.717, 1.165) is 128 Å². The van der Waals surface area contributed by atoms with E-state index in [1.807, 2.05) is 0 Å². The van der Waals surface area contributed by atoms with Crippen LogP contribution < -0.4 is 0 Å². The Hall–Kier alpha value is -3.01. The minimum Gasteiger partial charge on any atom is -0.463 e.